The number of ether oxygens (including phenoxy) is 2. The molecule has 1 unspecified atom stereocenters. The van der Waals surface area contributed by atoms with Crippen molar-refractivity contribution in [2.45, 2.75) is 26.3 Å². The lowest BCUT2D eigenvalue weighted by atomic mass is 9.97. The number of benzene rings is 1. The average molecular weight is 250 g/mol. The second kappa shape index (κ2) is 5.19. The minimum Gasteiger partial charge on any atom is -0.493 e. The highest BCUT2D eigenvalue weighted by Crippen LogP contribution is 2.34. The molecule has 18 heavy (non-hydrogen) atoms. The Morgan fingerprint density at radius 3 is 2.28 bits per heavy atom. The smallest absolute Gasteiger partial charge is 0.161 e. The maximum atomic E-state index is 5.40. The first-order valence-corrected chi connectivity index (χ1v) is 6.69. The van der Waals surface area contributed by atoms with E-state index in [-0.39, 0.29) is 0 Å². The number of nitrogens with zero attached hydrogens (tertiary/aromatic N) is 1. The Kier molecular flexibility index (Phi) is 3.81. The minimum absolute atomic E-state index is 0.848. The van der Waals surface area contributed by atoms with Crippen molar-refractivity contribution in [3.05, 3.63) is 23.3 Å². The van der Waals surface area contributed by atoms with E-state index in [0.29, 0.717) is 0 Å². The van der Waals surface area contributed by atoms with E-state index in [2.05, 4.69) is 26.1 Å². The maximum absolute atomic E-state index is 5.40. The molecule has 0 saturated heterocycles. The van der Waals surface area contributed by atoms with Gasteiger partial charge in [0.05, 0.1) is 34.4 Å². The van der Waals surface area contributed by atoms with Crippen LogP contribution in [0, 0.1) is 0 Å². The van der Waals surface area contributed by atoms with Crippen LogP contribution in [0.4, 0.5) is 0 Å². The van der Waals surface area contributed by atoms with Crippen molar-refractivity contribution in [1.82, 2.24) is 0 Å². The lowest BCUT2D eigenvalue weighted by molar-refractivity contribution is -0.924. The van der Waals surface area contributed by atoms with Crippen LogP contribution < -0.4 is 9.47 Å². The molecule has 0 fully saturated rings. The molecule has 0 spiro atoms. The topological polar surface area (TPSA) is 18.5 Å². The zero-order valence-electron chi connectivity index (χ0n) is 12.0. The molecule has 1 atom stereocenters. The SMILES string of the molecule is CCC[N+]1(C)CCc2cc(OC)c(OC)cc2C1. The van der Waals surface area contributed by atoms with Crippen molar-refractivity contribution in [3.63, 3.8) is 0 Å². The average Bonchev–Trinajstić information content (AvgIpc) is 2.37. The largest absolute Gasteiger partial charge is 0.493 e. The molecule has 1 aromatic rings. The van der Waals surface area contributed by atoms with Gasteiger partial charge in [0, 0.05) is 12.0 Å². The van der Waals surface area contributed by atoms with Gasteiger partial charge in [0.1, 0.15) is 6.54 Å². The molecule has 1 aliphatic heterocycles. The van der Waals surface area contributed by atoms with E-state index in [1.54, 1.807) is 14.2 Å². The summed E-state index contributed by atoms with van der Waals surface area (Å²) in [5.41, 5.74) is 2.83. The molecule has 2 rings (SSSR count). The van der Waals surface area contributed by atoms with E-state index in [9.17, 15) is 0 Å². The minimum atomic E-state index is 0.848. The van der Waals surface area contributed by atoms with Crippen molar-refractivity contribution in [3.8, 4) is 11.5 Å². The molecule has 0 amide bonds. The number of methoxy groups -OCH3 is 2. The van der Waals surface area contributed by atoms with Gasteiger partial charge in [0.15, 0.2) is 11.5 Å². The number of likely N-dealkylation sites (N-methyl/N-ethyl adjacent to an activating group) is 1. The number of hydrogen-bond acceptors (Lipinski definition) is 2. The van der Waals surface area contributed by atoms with Crippen LogP contribution >= 0.6 is 0 Å². The van der Waals surface area contributed by atoms with E-state index in [4.69, 9.17) is 9.47 Å². The van der Waals surface area contributed by atoms with Crippen LogP contribution in [0.25, 0.3) is 0 Å². The molecular weight excluding hydrogens is 226 g/mol. The fourth-order valence-corrected chi connectivity index (χ4v) is 2.95. The van der Waals surface area contributed by atoms with E-state index in [1.165, 1.54) is 30.6 Å². The lowest BCUT2D eigenvalue weighted by Gasteiger charge is -2.38. The first-order chi connectivity index (χ1) is 8.61. The number of hydrogen-bond donors (Lipinski definition) is 0. The van der Waals surface area contributed by atoms with Crippen molar-refractivity contribution < 1.29 is 14.0 Å². The van der Waals surface area contributed by atoms with Gasteiger partial charge in [0.25, 0.3) is 0 Å². The number of quaternary nitrogens is 1. The molecule has 3 nitrogen and oxygen atoms in total. The third kappa shape index (κ3) is 2.46. The molecule has 1 aliphatic rings. The number of fused-ring (bicyclic) bond motifs is 1. The van der Waals surface area contributed by atoms with Crippen molar-refractivity contribution in [1.29, 1.82) is 0 Å². The highest BCUT2D eigenvalue weighted by molar-refractivity contribution is 5.47. The monoisotopic (exact) mass is 250 g/mol. The summed E-state index contributed by atoms with van der Waals surface area (Å²) in [6, 6.07) is 4.29. The quantitative estimate of drug-likeness (QED) is 0.765. The maximum Gasteiger partial charge on any atom is 0.161 e. The second-order valence-corrected chi connectivity index (χ2v) is 5.45. The van der Waals surface area contributed by atoms with Gasteiger partial charge in [-0.3, -0.25) is 0 Å². The van der Waals surface area contributed by atoms with Gasteiger partial charge in [-0.1, -0.05) is 6.92 Å². The Morgan fingerprint density at radius 2 is 1.72 bits per heavy atom. The van der Waals surface area contributed by atoms with Crippen LogP contribution in [-0.2, 0) is 13.0 Å². The van der Waals surface area contributed by atoms with E-state index in [1.807, 2.05) is 0 Å². The molecule has 0 radical (unpaired) electrons. The number of rotatable bonds is 4. The summed E-state index contributed by atoms with van der Waals surface area (Å²) in [6.45, 7) is 5.82. The molecule has 0 aromatic heterocycles. The molecule has 0 saturated carbocycles. The third-order valence-electron chi connectivity index (χ3n) is 3.94. The van der Waals surface area contributed by atoms with E-state index >= 15 is 0 Å². The van der Waals surface area contributed by atoms with Gasteiger partial charge < -0.3 is 14.0 Å². The fraction of sp³-hybridized carbons (Fsp3) is 0.600. The Labute approximate surface area is 110 Å². The van der Waals surface area contributed by atoms with Crippen LogP contribution in [0.3, 0.4) is 0 Å². The van der Waals surface area contributed by atoms with Crippen LogP contribution in [0.2, 0.25) is 0 Å². The van der Waals surface area contributed by atoms with Crippen molar-refractivity contribution >= 4 is 0 Å². The molecule has 0 aliphatic carbocycles. The van der Waals surface area contributed by atoms with Gasteiger partial charge in [0.2, 0.25) is 0 Å². The zero-order valence-corrected chi connectivity index (χ0v) is 12.0. The highest BCUT2D eigenvalue weighted by atomic mass is 16.5. The predicted molar refractivity (Wildman–Crippen MR) is 73.2 cm³/mol. The van der Waals surface area contributed by atoms with Gasteiger partial charge in [-0.2, -0.15) is 0 Å². The molecule has 0 N–H and O–H groups in total. The molecule has 100 valence electrons. The summed E-state index contributed by atoms with van der Waals surface area (Å²) >= 11 is 0. The van der Waals surface area contributed by atoms with E-state index in [0.717, 1.165) is 28.9 Å². The second-order valence-electron chi connectivity index (χ2n) is 5.45. The van der Waals surface area contributed by atoms with Gasteiger partial charge in [-0.25, -0.2) is 0 Å². The van der Waals surface area contributed by atoms with Crippen LogP contribution in [0.15, 0.2) is 12.1 Å². The summed E-state index contributed by atoms with van der Waals surface area (Å²) in [7, 11) is 5.75. The summed E-state index contributed by atoms with van der Waals surface area (Å²) in [5.74, 6) is 1.70. The zero-order chi connectivity index (χ0) is 13.2. The van der Waals surface area contributed by atoms with Gasteiger partial charge >= 0.3 is 0 Å². The highest BCUT2D eigenvalue weighted by Gasteiger charge is 2.28. The van der Waals surface area contributed by atoms with Crippen LogP contribution in [0.5, 0.6) is 11.5 Å². The standard InChI is InChI=1S/C15H24NO2/c1-5-7-16(2)8-6-12-9-14(17-3)15(18-4)10-13(12)11-16/h9-10H,5-8,11H2,1-4H3/q+1. The first-order valence-electron chi connectivity index (χ1n) is 6.69. The van der Waals surface area contributed by atoms with Crippen LogP contribution in [0.1, 0.15) is 24.5 Å². The Hall–Kier alpha value is -1.22. The summed E-state index contributed by atoms with van der Waals surface area (Å²) in [4.78, 5) is 0. The molecule has 1 aromatic carbocycles. The van der Waals surface area contributed by atoms with Crippen LogP contribution in [-0.4, -0.2) is 38.8 Å². The van der Waals surface area contributed by atoms with Crippen molar-refractivity contribution in [2.24, 2.45) is 0 Å². The summed E-state index contributed by atoms with van der Waals surface area (Å²) in [5, 5.41) is 0. The fourth-order valence-electron chi connectivity index (χ4n) is 2.95. The predicted octanol–water partition coefficient (Wildman–Crippen LogP) is 2.62. The Balaban J connectivity index is 2.32. The summed E-state index contributed by atoms with van der Waals surface area (Å²) in [6.07, 6.45) is 2.37. The molecule has 1 heterocycles. The molecule has 3 heteroatoms. The van der Waals surface area contributed by atoms with Gasteiger partial charge in [-0.05, 0) is 24.1 Å². The molecule has 0 bridgehead atoms. The third-order valence-corrected chi connectivity index (χ3v) is 3.94. The summed E-state index contributed by atoms with van der Waals surface area (Å²) < 4.78 is 11.9. The van der Waals surface area contributed by atoms with Gasteiger partial charge in [-0.15, -0.1) is 0 Å². The lowest BCUT2D eigenvalue weighted by Crippen LogP contribution is -2.47. The normalized spacial score (nSPS) is 22.4. The van der Waals surface area contributed by atoms with Crippen molar-refractivity contribution in [2.75, 3.05) is 34.4 Å². The Bertz CT molecular complexity index is 431. The Morgan fingerprint density at radius 1 is 1.11 bits per heavy atom. The van der Waals surface area contributed by atoms with E-state index < -0.39 is 0 Å². The first kappa shape index (κ1) is 13.2. The molecular formula is C15H24NO2+.